The average molecular weight is 587 g/mol. The molecule has 0 radical (unpaired) electrons. The number of carbonyl (C=O) groups is 4. The third-order valence-electron chi connectivity index (χ3n) is 7.13. The molecule has 228 valence electrons. The van der Waals surface area contributed by atoms with Gasteiger partial charge >= 0.3 is 6.09 Å². The Balaban J connectivity index is 2.14. The summed E-state index contributed by atoms with van der Waals surface area (Å²) in [6, 6.07) is 18.0. The number of nitrogens with two attached hydrogens (primary N) is 1. The van der Waals surface area contributed by atoms with Crippen molar-refractivity contribution < 1.29 is 23.9 Å². The predicted octanol–water partition coefficient (Wildman–Crippen LogP) is 5.95. The summed E-state index contributed by atoms with van der Waals surface area (Å²) in [6.07, 6.45) is 0.737. The summed E-state index contributed by atoms with van der Waals surface area (Å²) in [6.45, 7) is 14.4. The Labute approximate surface area is 253 Å². The molecule has 2 atom stereocenters. The lowest BCUT2D eigenvalue weighted by atomic mass is 9.91. The van der Waals surface area contributed by atoms with Crippen LogP contribution in [0.4, 0.5) is 10.5 Å². The van der Waals surface area contributed by atoms with Crippen molar-refractivity contribution in [1.29, 1.82) is 0 Å². The van der Waals surface area contributed by atoms with E-state index in [1.807, 2.05) is 63.2 Å². The van der Waals surface area contributed by atoms with E-state index in [-0.39, 0.29) is 0 Å². The van der Waals surface area contributed by atoms with Gasteiger partial charge in [-0.3, -0.25) is 14.4 Å². The Hall–Kier alpha value is -4.66. The van der Waals surface area contributed by atoms with Crippen LogP contribution in [0.2, 0.25) is 0 Å². The lowest BCUT2D eigenvalue weighted by molar-refractivity contribution is -0.148. The molecule has 0 fully saturated rings. The summed E-state index contributed by atoms with van der Waals surface area (Å²) < 4.78 is 5.37. The van der Waals surface area contributed by atoms with E-state index < -0.39 is 53.5 Å². The van der Waals surface area contributed by atoms with Crippen LogP contribution in [0.15, 0.2) is 73.3 Å². The Bertz CT molecular complexity index is 1510. The van der Waals surface area contributed by atoms with Crippen molar-refractivity contribution in [3.8, 4) is 0 Å². The highest BCUT2D eigenvalue weighted by Gasteiger charge is 2.43. The molecular formula is C34H42N4O5. The molecule has 4 N–H and O–H groups in total. The van der Waals surface area contributed by atoms with Gasteiger partial charge in [-0.1, -0.05) is 68.1 Å². The van der Waals surface area contributed by atoms with E-state index >= 15 is 0 Å². The normalized spacial score (nSPS) is 13.0. The zero-order valence-electron chi connectivity index (χ0n) is 25.8. The molecule has 0 heterocycles. The van der Waals surface area contributed by atoms with Crippen LogP contribution in [0, 0.1) is 0 Å². The Morgan fingerprint density at radius 2 is 1.63 bits per heavy atom. The van der Waals surface area contributed by atoms with Gasteiger partial charge in [-0.05, 0) is 81.1 Å². The maximum Gasteiger partial charge on any atom is 0.408 e. The van der Waals surface area contributed by atoms with Crippen molar-refractivity contribution >= 4 is 46.4 Å². The molecule has 0 saturated carbocycles. The van der Waals surface area contributed by atoms with Gasteiger partial charge in [0.25, 0.3) is 5.91 Å². The van der Waals surface area contributed by atoms with E-state index in [9.17, 15) is 19.2 Å². The molecule has 3 aromatic rings. The Morgan fingerprint density at radius 3 is 2.23 bits per heavy atom. The molecular weight excluding hydrogens is 544 g/mol. The second-order valence-corrected chi connectivity index (χ2v) is 12.1. The Kier molecular flexibility index (Phi) is 10.3. The van der Waals surface area contributed by atoms with Gasteiger partial charge in [0.1, 0.15) is 17.7 Å². The molecule has 0 aromatic heterocycles. The zero-order chi connectivity index (χ0) is 31.9. The van der Waals surface area contributed by atoms with E-state index in [0.29, 0.717) is 17.7 Å². The topological polar surface area (TPSA) is 131 Å². The van der Waals surface area contributed by atoms with Crippen LogP contribution >= 0.6 is 0 Å². The van der Waals surface area contributed by atoms with Crippen molar-refractivity contribution in [2.24, 2.45) is 5.73 Å². The van der Waals surface area contributed by atoms with Crippen molar-refractivity contribution in [1.82, 2.24) is 10.2 Å². The molecule has 4 amide bonds. The molecule has 9 nitrogen and oxygen atoms in total. The summed E-state index contributed by atoms with van der Waals surface area (Å²) in [5.41, 5.74) is 5.60. The van der Waals surface area contributed by atoms with Gasteiger partial charge < -0.3 is 26.0 Å². The van der Waals surface area contributed by atoms with Crippen LogP contribution in [-0.4, -0.2) is 45.9 Å². The van der Waals surface area contributed by atoms with Gasteiger partial charge in [0.2, 0.25) is 11.8 Å². The molecule has 43 heavy (non-hydrogen) atoms. The Morgan fingerprint density at radius 1 is 0.953 bits per heavy atom. The molecule has 9 heteroatoms. The fraction of sp³-hybridized carbons (Fsp3) is 0.353. The minimum Gasteiger partial charge on any atom is -0.444 e. The highest BCUT2D eigenvalue weighted by molar-refractivity contribution is 6.01. The number of primary amides is 1. The number of fused-ring (bicyclic) bond motifs is 1. The van der Waals surface area contributed by atoms with Gasteiger partial charge in [0, 0.05) is 11.2 Å². The van der Waals surface area contributed by atoms with Crippen molar-refractivity contribution in [3.63, 3.8) is 0 Å². The lowest BCUT2D eigenvalue weighted by Crippen LogP contribution is -2.59. The quantitative estimate of drug-likeness (QED) is 0.256. The first-order valence-corrected chi connectivity index (χ1v) is 14.3. The number of hydrogen-bond donors (Lipinski definition) is 3. The fourth-order valence-corrected chi connectivity index (χ4v) is 4.72. The summed E-state index contributed by atoms with van der Waals surface area (Å²) in [4.78, 5) is 55.0. The number of rotatable bonds is 11. The van der Waals surface area contributed by atoms with Gasteiger partial charge in [-0.15, -0.1) is 0 Å². The second kappa shape index (κ2) is 13.5. The van der Waals surface area contributed by atoms with Crippen molar-refractivity contribution in [3.05, 3.63) is 84.4 Å². The van der Waals surface area contributed by atoms with Crippen LogP contribution in [0.1, 0.15) is 71.6 Å². The molecule has 0 saturated heterocycles. The van der Waals surface area contributed by atoms with Crippen LogP contribution in [0.3, 0.4) is 0 Å². The fourth-order valence-electron chi connectivity index (χ4n) is 4.72. The van der Waals surface area contributed by atoms with Gasteiger partial charge in [-0.2, -0.15) is 0 Å². The SMILES string of the molecule is C=Cc1cccc(C(C(=O)Nc2ccc3ccccc3c2)N(C(=O)C(CC(N)=O)NC(=O)OC(C)(C)C)C(C)(C)CC)c1. The number of amides is 4. The van der Waals surface area contributed by atoms with Gasteiger partial charge in [-0.25, -0.2) is 4.79 Å². The molecule has 0 aliphatic rings. The molecule has 0 spiro atoms. The maximum absolute atomic E-state index is 14.4. The minimum atomic E-state index is -1.38. The highest BCUT2D eigenvalue weighted by Crippen LogP contribution is 2.34. The van der Waals surface area contributed by atoms with E-state index in [2.05, 4.69) is 17.2 Å². The zero-order valence-corrected chi connectivity index (χ0v) is 25.8. The first-order chi connectivity index (χ1) is 20.1. The molecule has 0 aliphatic carbocycles. The number of carbonyl (C=O) groups excluding carboxylic acids is 4. The van der Waals surface area contributed by atoms with Crippen LogP contribution < -0.4 is 16.4 Å². The molecule has 3 aromatic carbocycles. The van der Waals surface area contributed by atoms with Gasteiger partial charge in [0.15, 0.2) is 0 Å². The number of anilines is 1. The van der Waals surface area contributed by atoms with E-state index in [1.54, 1.807) is 51.1 Å². The molecule has 0 aliphatic heterocycles. The number of nitrogens with one attached hydrogen (secondary N) is 2. The van der Waals surface area contributed by atoms with Crippen LogP contribution in [-0.2, 0) is 19.1 Å². The predicted molar refractivity (Wildman–Crippen MR) is 170 cm³/mol. The second-order valence-electron chi connectivity index (χ2n) is 12.1. The first-order valence-electron chi connectivity index (χ1n) is 14.3. The summed E-state index contributed by atoms with van der Waals surface area (Å²) >= 11 is 0. The smallest absolute Gasteiger partial charge is 0.408 e. The highest BCUT2D eigenvalue weighted by atomic mass is 16.6. The molecule has 3 rings (SSSR count). The van der Waals surface area contributed by atoms with E-state index in [0.717, 1.165) is 16.3 Å². The summed E-state index contributed by atoms with van der Waals surface area (Å²) in [5, 5.41) is 7.46. The van der Waals surface area contributed by atoms with Crippen LogP contribution in [0.25, 0.3) is 16.8 Å². The van der Waals surface area contributed by atoms with E-state index in [4.69, 9.17) is 10.5 Å². The molecule has 2 unspecified atom stereocenters. The number of alkyl carbamates (subject to hydrolysis) is 1. The third-order valence-corrected chi connectivity index (χ3v) is 7.13. The van der Waals surface area contributed by atoms with E-state index in [1.165, 1.54) is 4.90 Å². The largest absolute Gasteiger partial charge is 0.444 e. The number of ether oxygens (including phenoxy) is 1. The summed E-state index contributed by atoms with van der Waals surface area (Å²) in [7, 11) is 0. The summed E-state index contributed by atoms with van der Waals surface area (Å²) in [5.74, 6) is -1.92. The standard InChI is InChI=1S/C34H42N4O5/c1-8-22-13-12-16-25(19-22)29(30(40)36-26-18-17-23-14-10-11-15-24(23)20-26)38(34(6,7)9-2)31(41)27(21-28(35)39)37-32(42)43-33(3,4)5/h8,10-20,27,29H,1,9,21H2,2-7H3,(H2,35,39)(H,36,40)(H,37,42). The number of nitrogens with zero attached hydrogens (tertiary/aromatic N) is 1. The lowest BCUT2D eigenvalue weighted by Gasteiger charge is -2.44. The monoisotopic (exact) mass is 586 g/mol. The van der Waals surface area contributed by atoms with Crippen LogP contribution in [0.5, 0.6) is 0 Å². The minimum absolute atomic E-state index is 0.454. The number of benzene rings is 3. The number of hydrogen-bond acceptors (Lipinski definition) is 5. The van der Waals surface area contributed by atoms with Crippen molar-refractivity contribution in [2.45, 2.75) is 77.6 Å². The van der Waals surface area contributed by atoms with Crippen molar-refractivity contribution in [2.75, 3.05) is 5.32 Å². The average Bonchev–Trinajstić information content (AvgIpc) is 2.93. The maximum atomic E-state index is 14.4. The molecule has 0 bridgehead atoms. The van der Waals surface area contributed by atoms with Gasteiger partial charge in [0.05, 0.1) is 6.42 Å². The third kappa shape index (κ3) is 8.67. The first kappa shape index (κ1) is 32.8.